The average Bonchev–Trinajstić information content (AvgIpc) is 2.15. The number of benzene rings is 1. The Morgan fingerprint density at radius 2 is 2.00 bits per heavy atom. The minimum absolute atomic E-state index is 0.256. The molecule has 2 N–H and O–H groups in total. The molecule has 0 radical (unpaired) electrons. The molecule has 0 amide bonds. The maximum Gasteiger partial charge on any atom is 0.0139 e. The van der Waals surface area contributed by atoms with Crippen molar-refractivity contribution >= 4 is 0 Å². The van der Waals surface area contributed by atoms with Gasteiger partial charge in [0.25, 0.3) is 0 Å². The van der Waals surface area contributed by atoms with Crippen molar-refractivity contribution < 1.29 is 0 Å². The van der Waals surface area contributed by atoms with Crippen molar-refractivity contribution in [2.75, 3.05) is 20.1 Å². The molecule has 15 heavy (non-hydrogen) atoms. The Kier molecular flexibility index (Phi) is 4.79. The number of nitrogens with two attached hydrogens (primary N) is 1. The van der Waals surface area contributed by atoms with Crippen LogP contribution in [0.3, 0.4) is 0 Å². The first-order valence-electron chi connectivity index (χ1n) is 5.58. The lowest BCUT2D eigenvalue weighted by Gasteiger charge is -2.19. The van der Waals surface area contributed by atoms with E-state index in [1.807, 2.05) is 6.92 Å². The molecule has 1 rings (SSSR count). The normalized spacial score (nSPS) is 13.1. The monoisotopic (exact) mass is 206 g/mol. The largest absolute Gasteiger partial charge is 0.327 e. The maximum absolute atomic E-state index is 5.75. The topological polar surface area (TPSA) is 29.3 Å². The van der Waals surface area contributed by atoms with Gasteiger partial charge in [0.05, 0.1) is 0 Å². The summed E-state index contributed by atoms with van der Waals surface area (Å²) < 4.78 is 0. The number of likely N-dealkylation sites (N-methyl/N-ethyl adjacent to an activating group) is 1. The van der Waals surface area contributed by atoms with Crippen LogP contribution in [0.25, 0.3) is 0 Å². The summed E-state index contributed by atoms with van der Waals surface area (Å²) in [6.45, 7) is 6.25. The molecule has 0 bridgehead atoms. The lowest BCUT2D eigenvalue weighted by molar-refractivity contribution is 0.321. The summed E-state index contributed by atoms with van der Waals surface area (Å²) in [4.78, 5) is 2.29. The highest BCUT2D eigenvalue weighted by Crippen LogP contribution is 2.07. The summed E-state index contributed by atoms with van der Waals surface area (Å²) in [7, 11) is 2.13. The van der Waals surface area contributed by atoms with Crippen molar-refractivity contribution in [3.05, 3.63) is 35.4 Å². The highest BCUT2D eigenvalue weighted by Gasteiger charge is 2.03. The maximum atomic E-state index is 5.75. The van der Waals surface area contributed by atoms with Crippen LogP contribution < -0.4 is 5.73 Å². The van der Waals surface area contributed by atoms with Crippen LogP contribution in [-0.2, 0) is 6.42 Å². The Morgan fingerprint density at radius 3 is 2.60 bits per heavy atom. The van der Waals surface area contributed by atoms with Gasteiger partial charge in [-0.25, -0.2) is 0 Å². The Labute approximate surface area is 93.1 Å². The minimum Gasteiger partial charge on any atom is -0.327 e. The molecule has 1 aromatic carbocycles. The SMILES string of the molecule is Cc1ccccc1CCN(C)CC(C)N. The molecular weight excluding hydrogens is 184 g/mol. The molecule has 2 heteroatoms. The molecule has 0 aliphatic carbocycles. The van der Waals surface area contributed by atoms with Gasteiger partial charge in [-0.05, 0) is 38.4 Å². The Hall–Kier alpha value is -0.860. The summed E-state index contributed by atoms with van der Waals surface area (Å²) in [5.74, 6) is 0. The van der Waals surface area contributed by atoms with Gasteiger partial charge < -0.3 is 10.6 Å². The third-order valence-electron chi connectivity index (χ3n) is 2.62. The van der Waals surface area contributed by atoms with Crippen molar-refractivity contribution in [1.29, 1.82) is 0 Å². The lowest BCUT2D eigenvalue weighted by Crippen LogP contribution is -2.34. The fourth-order valence-corrected chi connectivity index (χ4v) is 1.78. The van der Waals surface area contributed by atoms with E-state index < -0.39 is 0 Å². The van der Waals surface area contributed by atoms with Crippen LogP contribution in [0.15, 0.2) is 24.3 Å². The molecule has 0 heterocycles. The van der Waals surface area contributed by atoms with E-state index in [0.29, 0.717) is 0 Å². The van der Waals surface area contributed by atoms with Crippen LogP contribution >= 0.6 is 0 Å². The fraction of sp³-hybridized carbons (Fsp3) is 0.538. The zero-order valence-electron chi connectivity index (χ0n) is 10.0. The molecular formula is C13H22N2. The number of aryl methyl sites for hydroxylation is 1. The molecule has 84 valence electrons. The van der Waals surface area contributed by atoms with Crippen LogP contribution in [0.2, 0.25) is 0 Å². The quantitative estimate of drug-likeness (QED) is 0.796. The first-order chi connectivity index (χ1) is 7.09. The molecule has 0 aromatic heterocycles. The average molecular weight is 206 g/mol. The van der Waals surface area contributed by atoms with E-state index in [0.717, 1.165) is 19.5 Å². The van der Waals surface area contributed by atoms with Gasteiger partial charge in [0, 0.05) is 19.1 Å². The second kappa shape index (κ2) is 5.89. The van der Waals surface area contributed by atoms with E-state index in [4.69, 9.17) is 5.73 Å². The van der Waals surface area contributed by atoms with E-state index in [1.165, 1.54) is 11.1 Å². The molecule has 0 fully saturated rings. The molecule has 1 unspecified atom stereocenters. The van der Waals surface area contributed by atoms with Crippen LogP contribution in [0.5, 0.6) is 0 Å². The molecule has 2 nitrogen and oxygen atoms in total. The number of hydrogen-bond donors (Lipinski definition) is 1. The lowest BCUT2D eigenvalue weighted by atomic mass is 10.1. The van der Waals surface area contributed by atoms with Gasteiger partial charge in [-0.15, -0.1) is 0 Å². The first-order valence-corrected chi connectivity index (χ1v) is 5.58. The highest BCUT2D eigenvalue weighted by molar-refractivity contribution is 5.25. The van der Waals surface area contributed by atoms with Gasteiger partial charge in [0.15, 0.2) is 0 Å². The smallest absolute Gasteiger partial charge is 0.0139 e. The van der Waals surface area contributed by atoms with Gasteiger partial charge in [0.1, 0.15) is 0 Å². The number of rotatable bonds is 5. The molecule has 1 atom stereocenters. The van der Waals surface area contributed by atoms with Crippen LogP contribution in [0, 0.1) is 6.92 Å². The second-order valence-electron chi connectivity index (χ2n) is 4.42. The zero-order valence-corrected chi connectivity index (χ0v) is 10.0. The molecule has 0 spiro atoms. The molecule has 0 saturated heterocycles. The van der Waals surface area contributed by atoms with Gasteiger partial charge in [-0.1, -0.05) is 24.3 Å². The van der Waals surface area contributed by atoms with Crippen LogP contribution in [0.4, 0.5) is 0 Å². The van der Waals surface area contributed by atoms with Crippen molar-refractivity contribution in [1.82, 2.24) is 4.90 Å². The van der Waals surface area contributed by atoms with Crippen LogP contribution in [-0.4, -0.2) is 31.1 Å². The van der Waals surface area contributed by atoms with Crippen LogP contribution in [0.1, 0.15) is 18.1 Å². The fourth-order valence-electron chi connectivity index (χ4n) is 1.78. The first kappa shape index (κ1) is 12.2. The molecule has 0 saturated carbocycles. The predicted molar refractivity (Wildman–Crippen MR) is 66.0 cm³/mol. The molecule has 1 aromatic rings. The van der Waals surface area contributed by atoms with E-state index in [1.54, 1.807) is 0 Å². The van der Waals surface area contributed by atoms with Crippen molar-refractivity contribution in [3.63, 3.8) is 0 Å². The van der Waals surface area contributed by atoms with Gasteiger partial charge in [-0.3, -0.25) is 0 Å². The third-order valence-corrected chi connectivity index (χ3v) is 2.62. The zero-order chi connectivity index (χ0) is 11.3. The number of hydrogen-bond acceptors (Lipinski definition) is 2. The van der Waals surface area contributed by atoms with E-state index in [2.05, 4.69) is 43.1 Å². The van der Waals surface area contributed by atoms with Gasteiger partial charge in [0.2, 0.25) is 0 Å². The second-order valence-corrected chi connectivity index (χ2v) is 4.42. The molecule has 0 aliphatic rings. The third kappa shape index (κ3) is 4.45. The summed E-state index contributed by atoms with van der Waals surface area (Å²) in [6, 6.07) is 8.82. The Balaban J connectivity index is 2.40. The minimum atomic E-state index is 0.256. The Bertz CT molecular complexity index is 294. The summed E-state index contributed by atoms with van der Waals surface area (Å²) in [6.07, 6.45) is 1.11. The summed E-state index contributed by atoms with van der Waals surface area (Å²) in [5, 5.41) is 0. The van der Waals surface area contributed by atoms with E-state index in [9.17, 15) is 0 Å². The number of nitrogens with zero attached hydrogens (tertiary/aromatic N) is 1. The highest BCUT2D eigenvalue weighted by atomic mass is 15.1. The van der Waals surface area contributed by atoms with E-state index in [-0.39, 0.29) is 6.04 Å². The van der Waals surface area contributed by atoms with Gasteiger partial charge >= 0.3 is 0 Å². The summed E-state index contributed by atoms with van der Waals surface area (Å²) in [5.41, 5.74) is 8.57. The molecule has 0 aliphatic heterocycles. The van der Waals surface area contributed by atoms with Gasteiger partial charge in [-0.2, -0.15) is 0 Å². The van der Waals surface area contributed by atoms with E-state index >= 15 is 0 Å². The Morgan fingerprint density at radius 1 is 1.33 bits per heavy atom. The van der Waals surface area contributed by atoms with Crippen molar-refractivity contribution in [2.45, 2.75) is 26.3 Å². The predicted octanol–water partition coefficient (Wildman–Crippen LogP) is 1.82. The summed E-state index contributed by atoms with van der Waals surface area (Å²) >= 11 is 0. The van der Waals surface area contributed by atoms with Crippen molar-refractivity contribution in [3.8, 4) is 0 Å². The standard InChI is InChI=1S/C13H22N2/c1-11-6-4-5-7-13(11)8-9-15(3)10-12(2)14/h4-7,12H,8-10,14H2,1-3H3. The van der Waals surface area contributed by atoms with Crippen molar-refractivity contribution in [2.24, 2.45) is 5.73 Å².